The molecule has 4 nitrogen and oxygen atoms in total. The maximum absolute atomic E-state index is 4.57. The maximum Gasteiger partial charge on any atom is 0.191 e. The molecule has 0 saturated carbocycles. The minimum Gasteiger partial charge on any atom is -0.357 e. The number of guanidine groups is 1. The predicted octanol–water partition coefficient (Wildman–Crippen LogP) is 2.71. The molecule has 0 radical (unpaired) electrons. The number of thiophene rings is 1. The van der Waals surface area contributed by atoms with Gasteiger partial charge in [-0.25, -0.2) is 4.99 Å². The normalized spacial score (nSPS) is 11.4. The van der Waals surface area contributed by atoms with Gasteiger partial charge in [-0.3, -0.25) is 4.98 Å². The van der Waals surface area contributed by atoms with Crippen LogP contribution < -0.4 is 10.6 Å². The molecule has 0 unspecified atom stereocenters. The van der Waals surface area contributed by atoms with Crippen LogP contribution >= 0.6 is 11.3 Å². The molecular weight excluding hydrogens is 268 g/mol. The Morgan fingerprint density at radius 2 is 2.25 bits per heavy atom. The monoisotopic (exact) mass is 288 g/mol. The summed E-state index contributed by atoms with van der Waals surface area (Å²) in [5.41, 5.74) is 3.48. The number of pyridine rings is 1. The second kappa shape index (κ2) is 7.65. The van der Waals surface area contributed by atoms with Crippen molar-refractivity contribution in [1.29, 1.82) is 0 Å². The van der Waals surface area contributed by atoms with Gasteiger partial charge in [-0.1, -0.05) is 6.07 Å². The SMILES string of the molecule is CCNC(=NCc1ccsc1)NCc1ncccc1C. The zero-order valence-corrected chi connectivity index (χ0v) is 12.7. The second-order valence-corrected chi connectivity index (χ2v) is 5.23. The fourth-order valence-corrected chi connectivity index (χ4v) is 2.43. The molecule has 106 valence electrons. The van der Waals surface area contributed by atoms with E-state index in [9.17, 15) is 0 Å². The summed E-state index contributed by atoms with van der Waals surface area (Å²) in [5, 5.41) is 10.8. The Hall–Kier alpha value is -1.88. The Labute approximate surface area is 124 Å². The summed E-state index contributed by atoms with van der Waals surface area (Å²) in [7, 11) is 0. The first kappa shape index (κ1) is 14.5. The molecule has 0 atom stereocenters. The third-order valence-corrected chi connectivity index (χ3v) is 3.62. The molecule has 2 rings (SSSR count). The van der Waals surface area contributed by atoms with Crippen LogP contribution in [0.4, 0.5) is 0 Å². The lowest BCUT2D eigenvalue weighted by atomic mass is 10.2. The van der Waals surface area contributed by atoms with Gasteiger partial charge >= 0.3 is 0 Å². The molecule has 0 aliphatic rings. The van der Waals surface area contributed by atoms with Crippen molar-refractivity contribution in [3.05, 3.63) is 52.0 Å². The molecule has 0 spiro atoms. The van der Waals surface area contributed by atoms with E-state index >= 15 is 0 Å². The number of nitrogens with one attached hydrogen (secondary N) is 2. The molecule has 0 aromatic carbocycles. The third kappa shape index (κ3) is 4.35. The van der Waals surface area contributed by atoms with Crippen LogP contribution in [0.5, 0.6) is 0 Å². The number of aliphatic imine (C=N–C) groups is 1. The van der Waals surface area contributed by atoms with Crippen LogP contribution in [-0.2, 0) is 13.1 Å². The summed E-state index contributed by atoms with van der Waals surface area (Å²) >= 11 is 1.70. The van der Waals surface area contributed by atoms with Crippen molar-refractivity contribution in [1.82, 2.24) is 15.6 Å². The molecule has 0 amide bonds. The lowest BCUT2D eigenvalue weighted by Gasteiger charge is -2.11. The smallest absolute Gasteiger partial charge is 0.191 e. The van der Waals surface area contributed by atoms with Gasteiger partial charge in [0.2, 0.25) is 0 Å². The molecule has 20 heavy (non-hydrogen) atoms. The molecule has 2 heterocycles. The second-order valence-electron chi connectivity index (χ2n) is 4.45. The minimum absolute atomic E-state index is 0.683. The van der Waals surface area contributed by atoms with Crippen molar-refractivity contribution >= 4 is 17.3 Å². The Morgan fingerprint density at radius 1 is 1.35 bits per heavy atom. The first-order chi connectivity index (χ1) is 9.79. The lowest BCUT2D eigenvalue weighted by molar-refractivity contribution is 0.795. The number of hydrogen-bond acceptors (Lipinski definition) is 3. The van der Waals surface area contributed by atoms with Gasteiger partial charge in [0.25, 0.3) is 0 Å². The molecular formula is C15H20N4S. The average Bonchev–Trinajstić information content (AvgIpc) is 2.97. The van der Waals surface area contributed by atoms with E-state index in [4.69, 9.17) is 0 Å². The molecule has 2 aromatic rings. The summed E-state index contributed by atoms with van der Waals surface area (Å²) < 4.78 is 0. The third-order valence-electron chi connectivity index (χ3n) is 2.89. The first-order valence-electron chi connectivity index (χ1n) is 6.73. The van der Waals surface area contributed by atoms with Crippen LogP contribution in [0.3, 0.4) is 0 Å². The highest BCUT2D eigenvalue weighted by Crippen LogP contribution is 2.07. The topological polar surface area (TPSA) is 49.3 Å². The highest BCUT2D eigenvalue weighted by atomic mass is 32.1. The molecule has 0 saturated heterocycles. The largest absolute Gasteiger partial charge is 0.357 e. The summed E-state index contributed by atoms with van der Waals surface area (Å²) in [4.78, 5) is 8.95. The predicted molar refractivity (Wildman–Crippen MR) is 84.9 cm³/mol. The first-order valence-corrected chi connectivity index (χ1v) is 7.67. The van der Waals surface area contributed by atoms with E-state index < -0.39 is 0 Å². The van der Waals surface area contributed by atoms with Gasteiger partial charge in [0, 0.05) is 12.7 Å². The average molecular weight is 288 g/mol. The highest BCUT2D eigenvalue weighted by molar-refractivity contribution is 7.07. The van der Waals surface area contributed by atoms with Gasteiger partial charge in [-0.05, 0) is 47.9 Å². The minimum atomic E-state index is 0.683. The Balaban J connectivity index is 1.95. The van der Waals surface area contributed by atoms with Crippen molar-refractivity contribution in [2.75, 3.05) is 6.54 Å². The summed E-state index contributed by atoms with van der Waals surface area (Å²) in [5.74, 6) is 0.823. The van der Waals surface area contributed by atoms with E-state index in [1.165, 1.54) is 11.1 Å². The molecule has 0 aliphatic carbocycles. The van der Waals surface area contributed by atoms with Crippen LogP contribution in [0, 0.1) is 6.92 Å². The van der Waals surface area contributed by atoms with Crippen molar-refractivity contribution < 1.29 is 0 Å². The lowest BCUT2D eigenvalue weighted by Crippen LogP contribution is -2.37. The van der Waals surface area contributed by atoms with Crippen LogP contribution in [0.25, 0.3) is 0 Å². The van der Waals surface area contributed by atoms with Crippen molar-refractivity contribution in [3.63, 3.8) is 0 Å². The van der Waals surface area contributed by atoms with Gasteiger partial charge in [-0.2, -0.15) is 11.3 Å². The van der Waals surface area contributed by atoms with E-state index in [0.29, 0.717) is 13.1 Å². The van der Waals surface area contributed by atoms with Gasteiger partial charge in [0.05, 0.1) is 18.8 Å². The number of rotatable bonds is 5. The number of hydrogen-bond donors (Lipinski definition) is 2. The Morgan fingerprint density at radius 3 is 2.95 bits per heavy atom. The van der Waals surface area contributed by atoms with Gasteiger partial charge < -0.3 is 10.6 Å². The standard InChI is InChI=1S/C15H20N4S/c1-3-16-15(18-9-13-6-8-20-11-13)19-10-14-12(2)5-4-7-17-14/h4-8,11H,3,9-10H2,1-2H3,(H2,16,18,19). The number of nitrogens with zero attached hydrogens (tertiary/aromatic N) is 2. The fourth-order valence-electron chi connectivity index (χ4n) is 1.77. The van der Waals surface area contributed by atoms with Gasteiger partial charge in [0.15, 0.2) is 5.96 Å². The fraction of sp³-hybridized carbons (Fsp3) is 0.333. The van der Waals surface area contributed by atoms with E-state index in [1.54, 1.807) is 11.3 Å². The van der Waals surface area contributed by atoms with Gasteiger partial charge in [0.1, 0.15) is 0 Å². The molecule has 5 heteroatoms. The zero-order chi connectivity index (χ0) is 14.2. The zero-order valence-electron chi connectivity index (χ0n) is 11.9. The molecule has 2 N–H and O–H groups in total. The molecule has 2 aromatic heterocycles. The molecule has 0 bridgehead atoms. The summed E-state index contributed by atoms with van der Waals surface area (Å²) in [6.45, 7) is 6.35. The van der Waals surface area contributed by atoms with E-state index in [2.05, 4.69) is 57.4 Å². The van der Waals surface area contributed by atoms with Crippen LogP contribution in [0.1, 0.15) is 23.7 Å². The van der Waals surface area contributed by atoms with E-state index in [-0.39, 0.29) is 0 Å². The highest BCUT2D eigenvalue weighted by Gasteiger charge is 2.01. The summed E-state index contributed by atoms with van der Waals surface area (Å²) in [6, 6.07) is 6.12. The van der Waals surface area contributed by atoms with Crippen LogP contribution in [0.2, 0.25) is 0 Å². The van der Waals surface area contributed by atoms with Crippen LogP contribution in [-0.4, -0.2) is 17.5 Å². The van der Waals surface area contributed by atoms with Crippen molar-refractivity contribution in [3.8, 4) is 0 Å². The number of aromatic nitrogens is 1. The quantitative estimate of drug-likeness (QED) is 0.657. The van der Waals surface area contributed by atoms with E-state index in [0.717, 1.165) is 18.2 Å². The van der Waals surface area contributed by atoms with Crippen molar-refractivity contribution in [2.45, 2.75) is 26.9 Å². The van der Waals surface area contributed by atoms with Crippen LogP contribution in [0.15, 0.2) is 40.1 Å². The number of aryl methyl sites for hydroxylation is 1. The Bertz CT molecular complexity index is 549. The summed E-state index contributed by atoms with van der Waals surface area (Å²) in [6.07, 6.45) is 1.82. The van der Waals surface area contributed by atoms with E-state index in [1.807, 2.05) is 12.3 Å². The maximum atomic E-state index is 4.57. The van der Waals surface area contributed by atoms with Gasteiger partial charge in [-0.15, -0.1) is 0 Å². The molecule has 0 aliphatic heterocycles. The Kier molecular flexibility index (Phi) is 5.55. The molecule has 0 fully saturated rings. The van der Waals surface area contributed by atoms with Crippen molar-refractivity contribution in [2.24, 2.45) is 4.99 Å².